The number of hydrogen-bond acceptors (Lipinski definition) is 3. The van der Waals surface area contributed by atoms with E-state index < -0.39 is 12.1 Å². The molecule has 2 aromatic rings. The molecule has 0 fully saturated rings. The summed E-state index contributed by atoms with van der Waals surface area (Å²) in [5, 5.41) is 2.70. The summed E-state index contributed by atoms with van der Waals surface area (Å²) < 4.78 is 18.0. The second-order valence-corrected chi connectivity index (χ2v) is 5.10. The van der Waals surface area contributed by atoms with Gasteiger partial charge >= 0.3 is 5.97 Å². The Labute approximate surface area is 126 Å². The summed E-state index contributed by atoms with van der Waals surface area (Å²) in [5.74, 6) is -1.16. The fourth-order valence-corrected chi connectivity index (χ4v) is 2.38. The van der Waals surface area contributed by atoms with Crippen LogP contribution in [0.5, 0.6) is 0 Å². The van der Waals surface area contributed by atoms with Crippen molar-refractivity contribution in [3.8, 4) is 0 Å². The molecule has 0 unspecified atom stereocenters. The van der Waals surface area contributed by atoms with E-state index in [4.69, 9.17) is 4.74 Å². The van der Waals surface area contributed by atoms with Gasteiger partial charge in [0.15, 0.2) is 6.10 Å². The lowest BCUT2D eigenvalue weighted by atomic mass is 9.98. The van der Waals surface area contributed by atoms with E-state index >= 15 is 0 Å². The van der Waals surface area contributed by atoms with Crippen molar-refractivity contribution in [1.82, 2.24) is 5.32 Å². The predicted molar refractivity (Wildman–Crippen MR) is 77.6 cm³/mol. The van der Waals surface area contributed by atoms with E-state index in [0.717, 1.165) is 11.1 Å². The molecule has 2 aromatic carbocycles. The highest BCUT2D eigenvalue weighted by molar-refractivity contribution is 5.95. The van der Waals surface area contributed by atoms with Gasteiger partial charge in [0, 0.05) is 13.0 Å². The molecule has 112 valence electrons. The van der Waals surface area contributed by atoms with Gasteiger partial charge in [-0.25, -0.2) is 9.18 Å². The van der Waals surface area contributed by atoms with E-state index in [-0.39, 0.29) is 18.3 Å². The first-order valence-corrected chi connectivity index (χ1v) is 6.94. The van der Waals surface area contributed by atoms with Crippen LogP contribution in [0.25, 0.3) is 0 Å². The van der Waals surface area contributed by atoms with Gasteiger partial charge in [0.1, 0.15) is 5.82 Å². The second-order valence-electron chi connectivity index (χ2n) is 5.10. The van der Waals surface area contributed by atoms with Gasteiger partial charge in [-0.15, -0.1) is 0 Å². The number of carbonyl (C=O) groups is 2. The summed E-state index contributed by atoms with van der Waals surface area (Å²) in [5.41, 5.74) is 2.09. The number of fused-ring (bicyclic) bond motifs is 1. The zero-order valence-electron chi connectivity index (χ0n) is 11.7. The molecule has 0 saturated carbocycles. The molecule has 1 aliphatic rings. The van der Waals surface area contributed by atoms with Crippen molar-refractivity contribution in [2.24, 2.45) is 0 Å². The van der Waals surface area contributed by atoms with Gasteiger partial charge in [0.25, 0.3) is 5.91 Å². The second kappa shape index (κ2) is 5.97. The van der Waals surface area contributed by atoms with E-state index in [1.54, 1.807) is 24.3 Å². The third kappa shape index (κ3) is 2.98. The first-order chi connectivity index (χ1) is 10.6. The molecule has 0 bridgehead atoms. The monoisotopic (exact) mass is 299 g/mol. The molecule has 0 aliphatic carbocycles. The van der Waals surface area contributed by atoms with Crippen LogP contribution in [-0.2, 0) is 22.5 Å². The highest BCUT2D eigenvalue weighted by atomic mass is 19.1. The maximum absolute atomic E-state index is 12.8. The van der Waals surface area contributed by atoms with E-state index in [0.29, 0.717) is 12.0 Å². The van der Waals surface area contributed by atoms with Gasteiger partial charge in [0.2, 0.25) is 0 Å². The lowest BCUT2D eigenvalue weighted by Gasteiger charge is -2.23. The fourth-order valence-electron chi connectivity index (χ4n) is 2.38. The quantitative estimate of drug-likeness (QED) is 0.884. The number of halogens is 1. The Kier molecular flexibility index (Phi) is 3.87. The minimum absolute atomic E-state index is 0.259. The number of cyclic esters (lactones) is 1. The van der Waals surface area contributed by atoms with Gasteiger partial charge in [-0.2, -0.15) is 0 Å². The van der Waals surface area contributed by atoms with Gasteiger partial charge in [-0.3, -0.25) is 4.79 Å². The Morgan fingerprint density at radius 2 is 1.91 bits per heavy atom. The molecular formula is C17H14FNO3. The molecule has 1 N–H and O–H groups in total. The van der Waals surface area contributed by atoms with Crippen molar-refractivity contribution in [2.45, 2.75) is 19.1 Å². The number of nitrogens with one attached hydrogen (secondary N) is 1. The van der Waals surface area contributed by atoms with Crippen LogP contribution in [0.3, 0.4) is 0 Å². The third-order valence-electron chi connectivity index (χ3n) is 3.56. The van der Waals surface area contributed by atoms with Gasteiger partial charge in [0.05, 0.1) is 5.56 Å². The number of hydrogen-bond donors (Lipinski definition) is 1. The van der Waals surface area contributed by atoms with Crippen molar-refractivity contribution in [3.05, 3.63) is 71.0 Å². The van der Waals surface area contributed by atoms with Crippen molar-refractivity contribution in [3.63, 3.8) is 0 Å². The normalized spacial score (nSPS) is 16.6. The standard InChI is InChI=1S/C17H14FNO3/c18-13-7-5-11(6-8-13)10-19-16(20)15-9-12-3-1-2-4-14(12)17(21)22-15/h1-8,15H,9-10H2,(H,19,20)/t15-/m1/s1. The molecule has 1 atom stereocenters. The molecule has 4 nitrogen and oxygen atoms in total. The van der Waals surface area contributed by atoms with Crippen molar-refractivity contribution in [1.29, 1.82) is 0 Å². The van der Waals surface area contributed by atoms with Crippen LogP contribution >= 0.6 is 0 Å². The summed E-state index contributed by atoms with van der Waals surface area (Å²) in [6.07, 6.45) is -0.472. The molecule has 3 rings (SSSR count). The Morgan fingerprint density at radius 1 is 1.18 bits per heavy atom. The molecule has 22 heavy (non-hydrogen) atoms. The minimum Gasteiger partial charge on any atom is -0.448 e. The van der Waals surface area contributed by atoms with E-state index in [9.17, 15) is 14.0 Å². The number of ether oxygens (including phenoxy) is 1. The Morgan fingerprint density at radius 3 is 2.68 bits per heavy atom. The van der Waals surface area contributed by atoms with Gasteiger partial charge < -0.3 is 10.1 Å². The van der Waals surface area contributed by atoms with Crippen molar-refractivity contribution >= 4 is 11.9 Å². The molecule has 1 aliphatic heterocycles. The highest BCUT2D eigenvalue weighted by Gasteiger charge is 2.30. The van der Waals surface area contributed by atoms with Crippen LogP contribution in [0.4, 0.5) is 4.39 Å². The maximum atomic E-state index is 12.8. The van der Waals surface area contributed by atoms with Crippen LogP contribution < -0.4 is 5.32 Å². The summed E-state index contributed by atoms with van der Waals surface area (Å²) in [4.78, 5) is 24.0. The van der Waals surface area contributed by atoms with Crippen LogP contribution in [0, 0.1) is 5.82 Å². The summed E-state index contributed by atoms with van der Waals surface area (Å²) in [7, 11) is 0. The third-order valence-corrected chi connectivity index (χ3v) is 3.56. The molecule has 1 heterocycles. The van der Waals surface area contributed by atoms with Gasteiger partial charge in [-0.1, -0.05) is 30.3 Å². The first kappa shape index (κ1) is 14.3. The summed E-state index contributed by atoms with van der Waals surface area (Å²) in [6, 6.07) is 12.9. The topological polar surface area (TPSA) is 55.4 Å². The Hall–Kier alpha value is -2.69. The average molecular weight is 299 g/mol. The van der Waals surface area contributed by atoms with E-state index in [1.807, 2.05) is 12.1 Å². The SMILES string of the molecule is O=C1O[C@@H](C(=O)NCc2ccc(F)cc2)Cc2ccccc21. The van der Waals surface area contributed by atoms with Crippen LogP contribution in [-0.4, -0.2) is 18.0 Å². The zero-order valence-corrected chi connectivity index (χ0v) is 11.7. The van der Waals surface area contributed by atoms with Crippen LogP contribution in [0.2, 0.25) is 0 Å². The maximum Gasteiger partial charge on any atom is 0.339 e. The Balaban J connectivity index is 1.64. The van der Waals surface area contributed by atoms with Crippen LogP contribution in [0.1, 0.15) is 21.5 Å². The predicted octanol–water partition coefficient (Wildman–Crippen LogP) is 2.22. The molecule has 0 saturated heterocycles. The highest BCUT2D eigenvalue weighted by Crippen LogP contribution is 2.20. The molecule has 0 radical (unpaired) electrons. The molecular weight excluding hydrogens is 285 g/mol. The molecule has 0 aromatic heterocycles. The van der Waals surface area contributed by atoms with E-state index in [2.05, 4.69) is 5.32 Å². The molecule has 1 amide bonds. The molecule has 5 heteroatoms. The van der Waals surface area contributed by atoms with Crippen molar-refractivity contribution < 1.29 is 18.7 Å². The number of amides is 1. The lowest BCUT2D eigenvalue weighted by molar-refractivity contribution is -0.130. The van der Waals surface area contributed by atoms with Crippen molar-refractivity contribution in [2.75, 3.05) is 0 Å². The number of carbonyl (C=O) groups excluding carboxylic acids is 2. The zero-order chi connectivity index (χ0) is 15.5. The molecule has 0 spiro atoms. The fraction of sp³-hybridized carbons (Fsp3) is 0.176. The number of benzene rings is 2. The average Bonchev–Trinajstić information content (AvgIpc) is 2.54. The minimum atomic E-state index is -0.831. The largest absolute Gasteiger partial charge is 0.448 e. The lowest BCUT2D eigenvalue weighted by Crippen LogP contribution is -2.41. The van der Waals surface area contributed by atoms with Crippen LogP contribution in [0.15, 0.2) is 48.5 Å². The number of esters is 1. The summed E-state index contributed by atoms with van der Waals surface area (Å²) >= 11 is 0. The smallest absolute Gasteiger partial charge is 0.339 e. The first-order valence-electron chi connectivity index (χ1n) is 6.94. The summed E-state index contributed by atoms with van der Waals surface area (Å²) in [6.45, 7) is 0.259. The van der Waals surface area contributed by atoms with Gasteiger partial charge in [-0.05, 0) is 29.3 Å². The van der Waals surface area contributed by atoms with E-state index in [1.165, 1.54) is 12.1 Å². The number of rotatable bonds is 3. The Bertz CT molecular complexity index is 712.